The van der Waals surface area contributed by atoms with Crippen molar-refractivity contribution >= 4 is 42.1 Å². The summed E-state index contributed by atoms with van der Waals surface area (Å²) in [5.74, 6) is 0. The Labute approximate surface area is 95.1 Å². The van der Waals surface area contributed by atoms with Crippen LogP contribution in [0.25, 0.3) is 0 Å². The van der Waals surface area contributed by atoms with E-state index in [4.69, 9.17) is 10.0 Å². The van der Waals surface area contributed by atoms with Crippen LogP contribution in [0.2, 0.25) is 0 Å². The fraction of sp³-hybridized carbons (Fsp3) is 0.250. The van der Waals surface area contributed by atoms with Gasteiger partial charge in [-0.3, -0.25) is 0 Å². The average Bonchev–Trinajstić information content (AvgIpc) is 1.85. The number of hydrogen-bond donors (Lipinski definition) is 2. The van der Waals surface area contributed by atoms with Gasteiger partial charge in [-0.25, -0.2) is 0 Å². The zero-order valence-electron chi connectivity index (χ0n) is 6.70. The summed E-state index contributed by atoms with van der Waals surface area (Å²) in [7, 11) is -1.35. The quantitative estimate of drug-likeness (QED) is 0.554. The molecule has 1 aromatic rings. The minimum absolute atomic E-state index is 0. The number of benzene rings is 1. The molecular formula is C8H12BNaO2. The Kier molecular flexibility index (Phi) is 5.13. The summed E-state index contributed by atoms with van der Waals surface area (Å²) in [5, 5.41) is 17.9. The van der Waals surface area contributed by atoms with E-state index in [1.807, 2.05) is 32.0 Å². The van der Waals surface area contributed by atoms with Crippen LogP contribution >= 0.6 is 0 Å². The molecule has 0 bridgehead atoms. The van der Waals surface area contributed by atoms with Gasteiger partial charge in [0.25, 0.3) is 0 Å². The third kappa shape index (κ3) is 2.61. The third-order valence-electron chi connectivity index (χ3n) is 1.80. The summed E-state index contributed by atoms with van der Waals surface area (Å²) in [4.78, 5) is 0. The van der Waals surface area contributed by atoms with Crippen LogP contribution in [-0.4, -0.2) is 46.7 Å². The van der Waals surface area contributed by atoms with Crippen molar-refractivity contribution in [2.45, 2.75) is 13.8 Å². The fourth-order valence-electron chi connectivity index (χ4n) is 1.23. The molecular weight excluding hydrogens is 162 g/mol. The van der Waals surface area contributed by atoms with Crippen LogP contribution in [-0.2, 0) is 0 Å². The van der Waals surface area contributed by atoms with Crippen LogP contribution < -0.4 is 5.46 Å². The molecule has 0 aliphatic heterocycles. The molecule has 1 rings (SSSR count). The monoisotopic (exact) mass is 174 g/mol. The van der Waals surface area contributed by atoms with Gasteiger partial charge in [0.2, 0.25) is 0 Å². The molecule has 1 aromatic carbocycles. The van der Waals surface area contributed by atoms with Crippen molar-refractivity contribution in [3.63, 3.8) is 0 Å². The van der Waals surface area contributed by atoms with Crippen molar-refractivity contribution in [2.75, 3.05) is 0 Å². The van der Waals surface area contributed by atoms with Crippen molar-refractivity contribution in [3.8, 4) is 0 Å². The second-order valence-corrected chi connectivity index (χ2v) is 2.68. The Morgan fingerprint density at radius 3 is 1.75 bits per heavy atom. The van der Waals surface area contributed by atoms with Crippen LogP contribution in [0.4, 0.5) is 0 Å². The molecule has 0 saturated carbocycles. The maximum absolute atomic E-state index is 8.94. The van der Waals surface area contributed by atoms with E-state index < -0.39 is 7.12 Å². The zero-order valence-corrected chi connectivity index (χ0v) is 6.70. The van der Waals surface area contributed by atoms with Gasteiger partial charge in [0.15, 0.2) is 0 Å². The van der Waals surface area contributed by atoms with Gasteiger partial charge < -0.3 is 10.0 Å². The van der Waals surface area contributed by atoms with E-state index >= 15 is 0 Å². The second-order valence-electron chi connectivity index (χ2n) is 2.68. The Bertz CT molecular complexity index is 243. The molecule has 0 spiro atoms. The summed E-state index contributed by atoms with van der Waals surface area (Å²) in [6.45, 7) is 3.73. The van der Waals surface area contributed by atoms with Gasteiger partial charge >= 0.3 is 36.7 Å². The molecule has 2 nitrogen and oxygen atoms in total. The fourth-order valence-corrected chi connectivity index (χ4v) is 1.23. The van der Waals surface area contributed by atoms with E-state index in [0.717, 1.165) is 11.1 Å². The first-order valence-electron chi connectivity index (χ1n) is 3.55. The molecule has 0 aliphatic rings. The van der Waals surface area contributed by atoms with Crippen molar-refractivity contribution in [2.24, 2.45) is 0 Å². The van der Waals surface area contributed by atoms with Crippen molar-refractivity contribution in [1.82, 2.24) is 0 Å². The van der Waals surface area contributed by atoms with Crippen LogP contribution in [0.15, 0.2) is 18.2 Å². The minimum atomic E-state index is -1.35. The first kappa shape index (κ1) is 12.2. The molecule has 2 N–H and O–H groups in total. The normalized spacial score (nSPS) is 9.00. The molecule has 60 valence electrons. The Morgan fingerprint density at radius 1 is 1.08 bits per heavy atom. The van der Waals surface area contributed by atoms with Gasteiger partial charge in [-0.05, 0) is 19.3 Å². The first-order valence-corrected chi connectivity index (χ1v) is 3.55. The van der Waals surface area contributed by atoms with Crippen molar-refractivity contribution in [1.29, 1.82) is 0 Å². The molecule has 12 heavy (non-hydrogen) atoms. The predicted octanol–water partition coefficient (Wildman–Crippen LogP) is -0.665. The standard InChI is InChI=1S/C8H11BO2.Na.H/c1-6-4-3-5-7(2)8(6)9(10)11;;/h3-5,10-11H,1-2H3;;. The van der Waals surface area contributed by atoms with Gasteiger partial charge in [0.05, 0.1) is 0 Å². The molecule has 0 unspecified atom stereocenters. The van der Waals surface area contributed by atoms with E-state index in [-0.39, 0.29) is 29.6 Å². The summed E-state index contributed by atoms with van der Waals surface area (Å²) >= 11 is 0. The topological polar surface area (TPSA) is 40.5 Å². The molecule has 0 saturated heterocycles. The predicted molar refractivity (Wildman–Crippen MR) is 52.9 cm³/mol. The maximum atomic E-state index is 8.94. The third-order valence-corrected chi connectivity index (χ3v) is 1.80. The molecule has 0 atom stereocenters. The van der Waals surface area contributed by atoms with E-state index in [2.05, 4.69) is 0 Å². The molecule has 0 aromatic heterocycles. The van der Waals surface area contributed by atoms with Crippen LogP contribution in [0.5, 0.6) is 0 Å². The van der Waals surface area contributed by atoms with E-state index in [1.165, 1.54) is 0 Å². The van der Waals surface area contributed by atoms with Crippen molar-refractivity contribution < 1.29 is 10.0 Å². The SMILES string of the molecule is Cc1cccc(C)c1B(O)O.[NaH]. The number of hydrogen-bond acceptors (Lipinski definition) is 2. The first-order chi connectivity index (χ1) is 5.13. The van der Waals surface area contributed by atoms with Gasteiger partial charge in [-0.1, -0.05) is 29.3 Å². The molecule has 0 fully saturated rings. The number of aryl methyl sites for hydroxylation is 2. The molecule has 4 heteroatoms. The summed E-state index contributed by atoms with van der Waals surface area (Å²) < 4.78 is 0. The Morgan fingerprint density at radius 2 is 1.50 bits per heavy atom. The summed E-state index contributed by atoms with van der Waals surface area (Å²) in [6.07, 6.45) is 0. The summed E-state index contributed by atoms with van der Waals surface area (Å²) in [5.41, 5.74) is 2.45. The van der Waals surface area contributed by atoms with E-state index in [9.17, 15) is 0 Å². The van der Waals surface area contributed by atoms with Gasteiger partial charge in [0.1, 0.15) is 0 Å². The Balaban J connectivity index is 0.00000121. The average molecular weight is 174 g/mol. The van der Waals surface area contributed by atoms with Crippen molar-refractivity contribution in [3.05, 3.63) is 29.3 Å². The molecule has 0 radical (unpaired) electrons. The molecule has 0 aliphatic carbocycles. The molecule has 0 amide bonds. The summed E-state index contributed by atoms with van der Waals surface area (Å²) in [6, 6.07) is 5.63. The Hall–Kier alpha value is 0.205. The van der Waals surface area contributed by atoms with E-state index in [1.54, 1.807) is 0 Å². The van der Waals surface area contributed by atoms with Crippen LogP contribution in [0.1, 0.15) is 11.1 Å². The van der Waals surface area contributed by atoms with Crippen LogP contribution in [0.3, 0.4) is 0 Å². The number of rotatable bonds is 1. The van der Waals surface area contributed by atoms with Gasteiger partial charge in [-0.2, -0.15) is 0 Å². The van der Waals surface area contributed by atoms with E-state index in [0.29, 0.717) is 5.46 Å². The molecule has 0 heterocycles. The second kappa shape index (κ2) is 5.05. The van der Waals surface area contributed by atoms with Gasteiger partial charge in [-0.15, -0.1) is 0 Å². The zero-order chi connectivity index (χ0) is 8.43. The van der Waals surface area contributed by atoms with Crippen LogP contribution in [0, 0.1) is 13.8 Å². The van der Waals surface area contributed by atoms with Gasteiger partial charge in [0, 0.05) is 0 Å².